The van der Waals surface area contributed by atoms with Gasteiger partial charge < -0.3 is 14.3 Å². The van der Waals surface area contributed by atoms with E-state index in [0.717, 1.165) is 6.42 Å². The second kappa shape index (κ2) is 11.7. The molecule has 0 bridgehead atoms. The van der Waals surface area contributed by atoms with Gasteiger partial charge in [0.15, 0.2) is 0 Å². The third-order valence-corrected chi connectivity index (χ3v) is 6.48. The molecule has 1 saturated heterocycles. The molecule has 4 heterocycles. The van der Waals surface area contributed by atoms with Crippen LogP contribution in [0.4, 0.5) is 16.2 Å². The minimum Gasteiger partial charge on any atom is -0.352 e. The van der Waals surface area contributed by atoms with E-state index in [2.05, 4.69) is 26.3 Å². The average Bonchev–Trinajstić information content (AvgIpc) is 3.57. The number of piperazine rings is 1. The second-order valence-corrected chi connectivity index (χ2v) is 9.44. The maximum Gasteiger partial charge on any atom is 0.350 e. The number of aromatic nitrogens is 6. The molecule has 11 nitrogen and oxygen atoms in total. The van der Waals surface area contributed by atoms with E-state index < -0.39 is 11.5 Å². The molecule has 0 spiro atoms. The van der Waals surface area contributed by atoms with E-state index in [1.165, 1.54) is 27.7 Å². The summed E-state index contributed by atoms with van der Waals surface area (Å²) in [5, 5.41) is 18.0. The van der Waals surface area contributed by atoms with Gasteiger partial charge in [0.05, 0.1) is 11.3 Å². The van der Waals surface area contributed by atoms with Crippen molar-refractivity contribution in [3.05, 3.63) is 64.5 Å². The van der Waals surface area contributed by atoms with Crippen molar-refractivity contribution in [1.82, 2.24) is 29.5 Å². The Morgan fingerprint density at radius 3 is 2.51 bits per heavy atom. The zero-order valence-electron chi connectivity index (χ0n) is 21.9. The van der Waals surface area contributed by atoms with Crippen LogP contribution in [0.2, 0.25) is 0 Å². The zero-order chi connectivity index (χ0) is 26.8. The fourth-order valence-corrected chi connectivity index (χ4v) is 4.41. The molecule has 1 aliphatic rings. The maximum absolute atomic E-state index is 15.1. The first-order valence-corrected chi connectivity index (χ1v) is 12.6. The quantitative estimate of drug-likeness (QED) is 0.336. The van der Waals surface area contributed by atoms with E-state index >= 15 is 4.39 Å². The van der Waals surface area contributed by atoms with Crippen LogP contribution in [0, 0.1) is 17.1 Å². The highest BCUT2D eigenvalue weighted by Crippen LogP contribution is 2.28. The highest BCUT2D eigenvalue weighted by atomic mass is 35.5. The molecule has 0 saturated carbocycles. The number of hydrogen-bond acceptors (Lipinski definition) is 9. The molecule has 3 aromatic heterocycles. The fraction of sp³-hybridized carbons (Fsp3) is 0.385. The van der Waals surface area contributed by atoms with Crippen molar-refractivity contribution in [1.29, 1.82) is 5.26 Å². The smallest absolute Gasteiger partial charge is 0.350 e. The zero-order valence-corrected chi connectivity index (χ0v) is 22.7. The minimum atomic E-state index is -0.568. The summed E-state index contributed by atoms with van der Waals surface area (Å²) in [7, 11) is 0. The predicted octanol–water partition coefficient (Wildman–Crippen LogP) is 3.77. The number of rotatable bonds is 7. The number of hydrogen-bond donors (Lipinski definition) is 0. The van der Waals surface area contributed by atoms with Gasteiger partial charge in [-0.25, -0.2) is 23.4 Å². The van der Waals surface area contributed by atoms with Crippen LogP contribution in [0.1, 0.15) is 44.6 Å². The molecule has 0 amide bonds. The Bertz CT molecular complexity index is 1550. The van der Waals surface area contributed by atoms with Gasteiger partial charge in [-0.3, -0.25) is 0 Å². The number of anilines is 2. The van der Waals surface area contributed by atoms with Crippen LogP contribution in [0.5, 0.6) is 0 Å². The number of halogens is 2. The number of nitriles is 1. The normalized spacial score (nSPS) is 13.4. The molecule has 0 atom stereocenters. The first-order valence-electron chi connectivity index (χ1n) is 12.6. The molecule has 0 unspecified atom stereocenters. The molecule has 1 aliphatic heterocycles. The van der Waals surface area contributed by atoms with Gasteiger partial charge in [-0.05, 0) is 35.3 Å². The van der Waals surface area contributed by atoms with E-state index in [1.807, 2.05) is 30.6 Å². The van der Waals surface area contributed by atoms with Crippen LogP contribution < -0.4 is 15.5 Å². The molecular weight excluding hydrogens is 525 g/mol. The van der Waals surface area contributed by atoms with Gasteiger partial charge in [0.1, 0.15) is 24.0 Å². The summed E-state index contributed by atoms with van der Waals surface area (Å²) in [4.78, 5) is 25.6. The molecule has 1 aromatic carbocycles. The van der Waals surface area contributed by atoms with E-state index in [4.69, 9.17) is 4.52 Å². The van der Waals surface area contributed by atoms with E-state index in [-0.39, 0.29) is 24.0 Å². The fourth-order valence-electron chi connectivity index (χ4n) is 4.41. The summed E-state index contributed by atoms with van der Waals surface area (Å²) in [6.07, 6.45) is 3.70. The highest BCUT2D eigenvalue weighted by molar-refractivity contribution is 5.85. The van der Waals surface area contributed by atoms with Crippen molar-refractivity contribution >= 4 is 24.2 Å². The van der Waals surface area contributed by atoms with Crippen molar-refractivity contribution in [3.63, 3.8) is 0 Å². The molecule has 4 aromatic rings. The molecule has 5 rings (SSSR count). The number of benzene rings is 1. The molecule has 0 radical (unpaired) electrons. The SMILES string of the molecule is CCCn1ncn(-c2ccc(-c3cnc(N4CCN(c5noc(C(C)C)n5)CC4)c(C#N)c3)cc2F)c1=O.Cl. The summed E-state index contributed by atoms with van der Waals surface area (Å²) < 4.78 is 22.9. The van der Waals surface area contributed by atoms with E-state index in [1.54, 1.807) is 18.3 Å². The van der Waals surface area contributed by atoms with E-state index in [9.17, 15) is 10.1 Å². The largest absolute Gasteiger partial charge is 0.352 e. The van der Waals surface area contributed by atoms with Gasteiger partial charge >= 0.3 is 5.69 Å². The Hall–Kier alpha value is -4.24. The van der Waals surface area contributed by atoms with Gasteiger partial charge in [-0.2, -0.15) is 15.3 Å². The predicted molar refractivity (Wildman–Crippen MR) is 146 cm³/mol. The second-order valence-electron chi connectivity index (χ2n) is 9.44. The van der Waals surface area contributed by atoms with Crippen LogP contribution >= 0.6 is 12.4 Å². The molecule has 13 heteroatoms. The molecule has 0 aliphatic carbocycles. The molecule has 39 heavy (non-hydrogen) atoms. The summed E-state index contributed by atoms with van der Waals surface area (Å²) >= 11 is 0. The first-order chi connectivity index (χ1) is 18.4. The molecule has 1 fully saturated rings. The van der Waals surface area contributed by atoms with Crippen molar-refractivity contribution in [2.75, 3.05) is 36.0 Å². The lowest BCUT2D eigenvalue weighted by atomic mass is 10.0. The number of pyridine rings is 1. The van der Waals surface area contributed by atoms with Crippen molar-refractivity contribution in [2.45, 2.75) is 39.7 Å². The van der Waals surface area contributed by atoms with Crippen LogP contribution in [-0.2, 0) is 6.54 Å². The lowest BCUT2D eigenvalue weighted by Crippen LogP contribution is -2.47. The number of nitrogens with zero attached hydrogens (tertiary/aromatic N) is 9. The van der Waals surface area contributed by atoms with Gasteiger partial charge in [0.2, 0.25) is 5.89 Å². The Morgan fingerprint density at radius 2 is 1.87 bits per heavy atom. The lowest BCUT2D eigenvalue weighted by Gasteiger charge is -2.35. The Balaban J connectivity index is 0.00000353. The summed E-state index contributed by atoms with van der Waals surface area (Å²) in [5.74, 6) is 1.35. The summed E-state index contributed by atoms with van der Waals surface area (Å²) in [6.45, 7) is 8.99. The summed E-state index contributed by atoms with van der Waals surface area (Å²) in [5.41, 5.74) is 1.29. The third-order valence-electron chi connectivity index (χ3n) is 6.48. The van der Waals surface area contributed by atoms with Gasteiger partial charge in [-0.15, -0.1) is 12.4 Å². The van der Waals surface area contributed by atoms with Crippen molar-refractivity contribution < 1.29 is 8.91 Å². The average molecular weight is 554 g/mol. The topological polar surface area (TPSA) is 122 Å². The van der Waals surface area contributed by atoms with Crippen LogP contribution in [-0.4, -0.2) is 55.7 Å². The van der Waals surface area contributed by atoms with Crippen molar-refractivity contribution in [2.24, 2.45) is 0 Å². The Kier molecular flexibility index (Phi) is 8.30. The third kappa shape index (κ3) is 5.49. The van der Waals surface area contributed by atoms with E-state index in [0.29, 0.717) is 67.1 Å². The standard InChI is InChI=1S/C26H28FN9O2.ClH/c1-4-7-36-26(37)35(16-30-36)22-6-5-18(13-21(22)27)20-12-19(14-28)23(29-15-20)33-8-10-34(11-9-33)25-31-24(17(2)3)38-32-25;/h5-6,12-13,15-17H,4,7-11H2,1-3H3;1H. The molecule has 0 N–H and O–H groups in total. The first kappa shape index (κ1) is 27.8. The van der Waals surface area contributed by atoms with Crippen LogP contribution in [0.25, 0.3) is 16.8 Å². The monoisotopic (exact) mass is 553 g/mol. The molecular formula is C26H29ClFN9O2. The Morgan fingerprint density at radius 1 is 1.13 bits per heavy atom. The number of aryl methyl sites for hydroxylation is 1. The Labute approximate surface area is 230 Å². The van der Waals surface area contributed by atoms with Crippen LogP contribution in [0.3, 0.4) is 0 Å². The minimum absolute atomic E-state index is 0. The van der Waals surface area contributed by atoms with Gasteiger partial charge in [-0.1, -0.05) is 26.8 Å². The van der Waals surface area contributed by atoms with Crippen LogP contribution in [0.15, 0.2) is 46.1 Å². The van der Waals surface area contributed by atoms with Gasteiger partial charge in [0.25, 0.3) is 5.95 Å². The maximum atomic E-state index is 15.1. The highest BCUT2D eigenvalue weighted by Gasteiger charge is 2.24. The summed E-state index contributed by atoms with van der Waals surface area (Å²) in [6, 6.07) is 8.52. The lowest BCUT2D eigenvalue weighted by molar-refractivity contribution is 0.364. The van der Waals surface area contributed by atoms with Crippen molar-refractivity contribution in [3.8, 4) is 22.9 Å². The van der Waals surface area contributed by atoms with Gasteiger partial charge in [0, 0.05) is 50.4 Å². The molecule has 204 valence electrons.